The van der Waals surface area contributed by atoms with Gasteiger partial charge in [-0.1, -0.05) is 23.2 Å². The summed E-state index contributed by atoms with van der Waals surface area (Å²) in [5, 5.41) is 2.43. The molecule has 108 valence electrons. The molecule has 0 aliphatic carbocycles. The van der Waals surface area contributed by atoms with E-state index in [0.29, 0.717) is 15.5 Å². The maximum absolute atomic E-state index is 12.5. The molecule has 0 fully saturated rings. The number of aryl methyl sites for hydroxylation is 1. The third kappa shape index (κ3) is 3.10. The van der Waals surface area contributed by atoms with Gasteiger partial charge in [-0.15, -0.1) is 11.3 Å². The Morgan fingerprint density at radius 3 is 2.70 bits per heavy atom. The van der Waals surface area contributed by atoms with E-state index in [1.807, 2.05) is 0 Å². The Morgan fingerprint density at radius 1 is 1.35 bits per heavy atom. The molecule has 1 heterocycles. The van der Waals surface area contributed by atoms with Gasteiger partial charge >= 0.3 is 0 Å². The zero-order chi connectivity index (χ0) is 14.9. The lowest BCUT2D eigenvalue weighted by Crippen LogP contribution is -2.16. The summed E-state index contributed by atoms with van der Waals surface area (Å²) in [5.41, 5.74) is 6.48. The Balaban J connectivity index is 2.46. The summed E-state index contributed by atoms with van der Waals surface area (Å²) < 4.78 is 27.4. The topological polar surface area (TPSA) is 72.2 Å². The summed E-state index contributed by atoms with van der Waals surface area (Å²) in [6.07, 6.45) is 0. The third-order valence-corrected chi connectivity index (χ3v) is 6.03. The molecule has 0 amide bonds. The smallest absolute Gasteiger partial charge is 0.263 e. The van der Waals surface area contributed by atoms with Gasteiger partial charge in [0.25, 0.3) is 10.0 Å². The van der Waals surface area contributed by atoms with Gasteiger partial charge in [0, 0.05) is 16.4 Å². The van der Waals surface area contributed by atoms with Crippen LogP contribution < -0.4 is 10.5 Å². The van der Waals surface area contributed by atoms with Gasteiger partial charge in [0.15, 0.2) is 0 Å². The van der Waals surface area contributed by atoms with Crippen LogP contribution in [0.1, 0.15) is 10.4 Å². The molecule has 0 saturated carbocycles. The van der Waals surface area contributed by atoms with E-state index >= 15 is 0 Å². The number of hydrogen-bond donors (Lipinski definition) is 2. The van der Waals surface area contributed by atoms with Crippen LogP contribution in [0.5, 0.6) is 0 Å². The standard InChI is InChI=1S/C12H12Cl2N2O2S2/c1-7-6-19-11(5-15)12(7)20(17,18)16-10-4-8(13)2-3-9(10)14/h2-4,6,16H,5,15H2,1H3. The lowest BCUT2D eigenvalue weighted by atomic mass is 10.3. The molecule has 3 N–H and O–H groups in total. The molecule has 0 unspecified atom stereocenters. The number of halogens is 2. The molecule has 8 heteroatoms. The van der Waals surface area contributed by atoms with Crippen LogP contribution in [0.4, 0.5) is 5.69 Å². The Morgan fingerprint density at radius 2 is 2.05 bits per heavy atom. The second-order valence-corrected chi connectivity index (χ2v) is 7.53. The molecule has 2 rings (SSSR count). The molecule has 0 radical (unpaired) electrons. The van der Waals surface area contributed by atoms with Crippen LogP contribution in [0.15, 0.2) is 28.5 Å². The van der Waals surface area contributed by atoms with Gasteiger partial charge in [-0.25, -0.2) is 8.42 Å². The second kappa shape index (κ2) is 5.91. The van der Waals surface area contributed by atoms with Crippen LogP contribution in [-0.4, -0.2) is 8.42 Å². The third-order valence-electron chi connectivity index (χ3n) is 2.62. The first-order valence-electron chi connectivity index (χ1n) is 5.60. The molecular weight excluding hydrogens is 339 g/mol. The fraction of sp³-hybridized carbons (Fsp3) is 0.167. The molecule has 0 spiro atoms. The van der Waals surface area contributed by atoms with Crippen LogP contribution in [0.3, 0.4) is 0 Å². The average Bonchev–Trinajstić information content (AvgIpc) is 2.75. The number of benzene rings is 1. The Kier molecular flexibility index (Phi) is 4.61. The number of nitrogens with two attached hydrogens (primary N) is 1. The number of thiophene rings is 1. The maximum Gasteiger partial charge on any atom is 0.263 e. The van der Waals surface area contributed by atoms with Gasteiger partial charge in [0.1, 0.15) is 4.90 Å². The lowest BCUT2D eigenvalue weighted by Gasteiger charge is -2.11. The number of nitrogens with one attached hydrogen (secondary N) is 1. The Bertz CT molecular complexity index is 742. The molecule has 0 saturated heterocycles. The molecule has 2 aromatic rings. The predicted molar refractivity (Wildman–Crippen MR) is 84.2 cm³/mol. The monoisotopic (exact) mass is 350 g/mol. The minimum absolute atomic E-state index is 0.165. The van der Waals surface area contributed by atoms with E-state index < -0.39 is 10.0 Å². The van der Waals surface area contributed by atoms with Crippen LogP contribution in [0, 0.1) is 6.92 Å². The van der Waals surface area contributed by atoms with Gasteiger partial charge in [-0.05, 0) is 36.1 Å². The molecule has 20 heavy (non-hydrogen) atoms. The molecule has 0 bridgehead atoms. The predicted octanol–water partition coefficient (Wildman–Crippen LogP) is 3.62. The van der Waals surface area contributed by atoms with E-state index in [0.717, 1.165) is 0 Å². The van der Waals surface area contributed by atoms with Crippen molar-refractivity contribution in [3.8, 4) is 0 Å². The molecule has 0 atom stereocenters. The first-order chi connectivity index (χ1) is 9.35. The largest absolute Gasteiger partial charge is 0.326 e. The number of hydrogen-bond acceptors (Lipinski definition) is 4. The van der Waals surface area contributed by atoms with Crippen molar-refractivity contribution >= 4 is 50.2 Å². The summed E-state index contributed by atoms with van der Waals surface area (Å²) in [7, 11) is -3.75. The minimum atomic E-state index is -3.75. The quantitative estimate of drug-likeness (QED) is 0.884. The number of rotatable bonds is 4. The van der Waals surface area contributed by atoms with Crippen molar-refractivity contribution in [1.82, 2.24) is 0 Å². The highest BCUT2D eigenvalue weighted by atomic mass is 35.5. The van der Waals surface area contributed by atoms with E-state index in [1.54, 1.807) is 18.4 Å². The van der Waals surface area contributed by atoms with Gasteiger partial charge in [-0.3, -0.25) is 4.72 Å². The first kappa shape index (κ1) is 15.6. The van der Waals surface area contributed by atoms with Gasteiger partial charge in [0.05, 0.1) is 10.7 Å². The van der Waals surface area contributed by atoms with Crippen LogP contribution in [-0.2, 0) is 16.6 Å². The lowest BCUT2D eigenvalue weighted by molar-refractivity contribution is 0.600. The molecule has 0 aliphatic rings. The van der Waals surface area contributed by atoms with Crippen LogP contribution in [0.25, 0.3) is 0 Å². The Hall–Kier alpha value is -0.790. The van der Waals surface area contributed by atoms with E-state index in [1.165, 1.54) is 23.5 Å². The van der Waals surface area contributed by atoms with Crippen molar-refractivity contribution in [2.45, 2.75) is 18.4 Å². The van der Waals surface area contributed by atoms with Crippen molar-refractivity contribution < 1.29 is 8.42 Å². The second-order valence-electron chi connectivity index (χ2n) is 4.10. The van der Waals surface area contributed by atoms with Gasteiger partial charge in [-0.2, -0.15) is 0 Å². The van der Waals surface area contributed by atoms with Crippen molar-refractivity contribution in [3.05, 3.63) is 44.1 Å². The van der Waals surface area contributed by atoms with Gasteiger partial charge < -0.3 is 5.73 Å². The normalized spacial score (nSPS) is 11.6. The SMILES string of the molecule is Cc1csc(CN)c1S(=O)(=O)Nc1cc(Cl)ccc1Cl. The fourth-order valence-corrected chi connectivity index (χ4v) is 4.93. The maximum atomic E-state index is 12.5. The average molecular weight is 351 g/mol. The number of anilines is 1. The zero-order valence-electron chi connectivity index (χ0n) is 10.5. The van der Waals surface area contributed by atoms with E-state index in [4.69, 9.17) is 28.9 Å². The summed E-state index contributed by atoms with van der Waals surface area (Å²) in [4.78, 5) is 0.814. The van der Waals surface area contributed by atoms with Crippen molar-refractivity contribution in [1.29, 1.82) is 0 Å². The van der Waals surface area contributed by atoms with E-state index in [9.17, 15) is 8.42 Å². The summed E-state index contributed by atoms with van der Waals surface area (Å²) in [6.45, 7) is 1.89. The summed E-state index contributed by atoms with van der Waals surface area (Å²) in [6, 6.07) is 4.58. The van der Waals surface area contributed by atoms with Crippen molar-refractivity contribution in [2.75, 3.05) is 4.72 Å². The zero-order valence-corrected chi connectivity index (χ0v) is 13.6. The molecule has 0 aliphatic heterocycles. The van der Waals surface area contributed by atoms with Crippen LogP contribution >= 0.6 is 34.5 Å². The van der Waals surface area contributed by atoms with Crippen molar-refractivity contribution in [3.63, 3.8) is 0 Å². The first-order valence-corrected chi connectivity index (χ1v) is 8.72. The minimum Gasteiger partial charge on any atom is -0.326 e. The Labute approximate surface area is 131 Å². The fourth-order valence-electron chi connectivity index (χ4n) is 1.76. The van der Waals surface area contributed by atoms with Crippen molar-refractivity contribution in [2.24, 2.45) is 5.73 Å². The highest BCUT2D eigenvalue weighted by Crippen LogP contribution is 2.31. The highest BCUT2D eigenvalue weighted by molar-refractivity contribution is 7.93. The molecule has 1 aromatic carbocycles. The molecule has 1 aromatic heterocycles. The van der Waals surface area contributed by atoms with Crippen LogP contribution in [0.2, 0.25) is 10.0 Å². The van der Waals surface area contributed by atoms with E-state index in [2.05, 4.69) is 4.72 Å². The number of sulfonamides is 1. The summed E-state index contributed by atoms with van der Waals surface area (Å²) >= 11 is 13.1. The molecule has 4 nitrogen and oxygen atoms in total. The molecular formula is C12H12Cl2N2O2S2. The summed E-state index contributed by atoms with van der Waals surface area (Å²) in [5.74, 6) is 0. The van der Waals surface area contributed by atoms with E-state index in [-0.39, 0.29) is 22.2 Å². The highest BCUT2D eigenvalue weighted by Gasteiger charge is 2.23. The van der Waals surface area contributed by atoms with Gasteiger partial charge in [0.2, 0.25) is 0 Å².